The Balaban J connectivity index is 1.35. The molecule has 1 unspecified atom stereocenters. The number of benzene rings is 1. The molecule has 2 aliphatic heterocycles. The van der Waals surface area contributed by atoms with Crippen LogP contribution in [0.1, 0.15) is 30.3 Å². The molecule has 2 aromatic heterocycles. The van der Waals surface area contributed by atoms with E-state index in [1.165, 1.54) is 0 Å². The number of para-hydroxylation sites is 1. The van der Waals surface area contributed by atoms with Gasteiger partial charge in [0.25, 0.3) is 5.91 Å². The van der Waals surface area contributed by atoms with Gasteiger partial charge in [-0.15, -0.1) is 11.3 Å². The monoisotopic (exact) mass is 506 g/mol. The van der Waals surface area contributed by atoms with Crippen molar-refractivity contribution in [3.8, 4) is 17.0 Å². The number of nitrogens with zero attached hydrogens (tertiary/aromatic N) is 4. The highest BCUT2D eigenvalue weighted by atomic mass is 32.1. The molecule has 0 N–H and O–H groups in total. The summed E-state index contributed by atoms with van der Waals surface area (Å²) in [7, 11) is 0. The molecule has 36 heavy (non-hydrogen) atoms. The maximum atomic E-state index is 13.4. The van der Waals surface area contributed by atoms with Gasteiger partial charge in [-0.3, -0.25) is 14.6 Å². The van der Waals surface area contributed by atoms with Crippen molar-refractivity contribution < 1.29 is 19.1 Å². The van der Waals surface area contributed by atoms with Crippen LogP contribution in [0, 0.1) is 5.92 Å². The zero-order valence-electron chi connectivity index (χ0n) is 20.1. The topological polar surface area (TPSA) is 84.9 Å². The molecule has 0 aliphatic carbocycles. The van der Waals surface area contributed by atoms with E-state index in [1.807, 2.05) is 57.6 Å². The first-order chi connectivity index (χ1) is 17.7. The van der Waals surface area contributed by atoms with Gasteiger partial charge in [0.15, 0.2) is 6.61 Å². The molecule has 0 radical (unpaired) electrons. The summed E-state index contributed by atoms with van der Waals surface area (Å²) in [6.07, 6.45) is 5.64. The zero-order chi connectivity index (χ0) is 24.7. The van der Waals surface area contributed by atoms with E-state index in [4.69, 9.17) is 14.5 Å². The van der Waals surface area contributed by atoms with E-state index in [0.29, 0.717) is 45.0 Å². The number of thiazole rings is 1. The van der Waals surface area contributed by atoms with Crippen molar-refractivity contribution in [1.82, 2.24) is 19.8 Å². The fourth-order valence-electron chi connectivity index (χ4n) is 4.75. The first-order valence-corrected chi connectivity index (χ1v) is 13.3. The quantitative estimate of drug-likeness (QED) is 0.506. The molecular weight excluding hydrogens is 476 g/mol. The summed E-state index contributed by atoms with van der Waals surface area (Å²) in [6.45, 7) is 2.74. The molecule has 2 fully saturated rings. The number of carbonyl (C=O) groups excluding carboxylic acids is 2. The first kappa shape index (κ1) is 24.4. The highest BCUT2D eigenvalue weighted by molar-refractivity contribution is 7.10. The number of pyridine rings is 1. The van der Waals surface area contributed by atoms with Crippen molar-refractivity contribution in [3.05, 3.63) is 65.2 Å². The lowest BCUT2D eigenvalue weighted by Crippen LogP contribution is -2.42. The first-order valence-electron chi connectivity index (χ1n) is 12.4. The van der Waals surface area contributed by atoms with Crippen molar-refractivity contribution >= 4 is 23.2 Å². The molecular formula is C27H30N4O4S. The van der Waals surface area contributed by atoms with Crippen molar-refractivity contribution in [2.75, 3.05) is 39.5 Å². The van der Waals surface area contributed by atoms with Crippen LogP contribution in [0.25, 0.3) is 11.3 Å². The largest absolute Gasteiger partial charge is 0.484 e. The molecule has 3 aromatic rings. The van der Waals surface area contributed by atoms with Crippen LogP contribution in [0.4, 0.5) is 0 Å². The van der Waals surface area contributed by atoms with Crippen LogP contribution >= 0.6 is 11.3 Å². The summed E-state index contributed by atoms with van der Waals surface area (Å²) in [5, 5.41) is 2.89. The average Bonchev–Trinajstić information content (AvgIpc) is 3.33. The number of rotatable bonds is 6. The van der Waals surface area contributed by atoms with E-state index in [1.54, 1.807) is 23.7 Å². The van der Waals surface area contributed by atoms with Gasteiger partial charge < -0.3 is 19.3 Å². The predicted octanol–water partition coefficient (Wildman–Crippen LogP) is 3.81. The second-order valence-corrected chi connectivity index (χ2v) is 9.90. The minimum Gasteiger partial charge on any atom is -0.484 e. The number of ether oxygens (including phenoxy) is 2. The minimum absolute atomic E-state index is 0.000906. The van der Waals surface area contributed by atoms with Gasteiger partial charge in [0, 0.05) is 62.1 Å². The van der Waals surface area contributed by atoms with Crippen LogP contribution in [-0.4, -0.2) is 71.0 Å². The second-order valence-electron chi connectivity index (χ2n) is 9.01. The third-order valence-corrected chi connectivity index (χ3v) is 7.70. The van der Waals surface area contributed by atoms with E-state index in [0.717, 1.165) is 29.1 Å². The standard InChI is InChI=1S/C27H30N4O4S/c32-25(18-35-22-4-2-1-3-5-22)31-15-14-30(27(33)21-9-16-34-17-10-21)13-8-24(31)26-29-23(19-36-26)20-6-11-28-12-7-20/h1-7,11-12,19,21,24H,8-10,13-18H2. The molecule has 2 saturated heterocycles. The molecule has 1 atom stereocenters. The molecule has 0 saturated carbocycles. The Kier molecular flexibility index (Phi) is 7.88. The Labute approximate surface area is 214 Å². The second kappa shape index (κ2) is 11.6. The molecule has 1 aromatic carbocycles. The predicted molar refractivity (Wildman–Crippen MR) is 136 cm³/mol. The SMILES string of the molecule is O=C(C1CCOCC1)N1CCC(c2nc(-c3ccncc3)cs2)N(C(=O)COc2ccccc2)CC1. The van der Waals surface area contributed by atoms with Crippen molar-refractivity contribution in [3.63, 3.8) is 0 Å². The summed E-state index contributed by atoms with van der Waals surface area (Å²) in [5.74, 6) is 0.718. The third-order valence-electron chi connectivity index (χ3n) is 6.75. The summed E-state index contributed by atoms with van der Waals surface area (Å²) >= 11 is 1.55. The summed E-state index contributed by atoms with van der Waals surface area (Å²) < 4.78 is 11.2. The van der Waals surface area contributed by atoms with Crippen LogP contribution in [0.15, 0.2) is 60.2 Å². The van der Waals surface area contributed by atoms with E-state index < -0.39 is 0 Å². The number of amides is 2. The lowest BCUT2D eigenvalue weighted by atomic mass is 9.98. The smallest absolute Gasteiger partial charge is 0.261 e. The maximum Gasteiger partial charge on any atom is 0.261 e. The maximum absolute atomic E-state index is 13.4. The summed E-state index contributed by atoms with van der Waals surface area (Å²) in [4.78, 5) is 39.4. The molecule has 8 nitrogen and oxygen atoms in total. The fraction of sp³-hybridized carbons (Fsp3) is 0.407. The van der Waals surface area contributed by atoms with E-state index in [2.05, 4.69) is 4.98 Å². The molecule has 2 amide bonds. The van der Waals surface area contributed by atoms with Crippen LogP contribution < -0.4 is 4.74 Å². The Hall–Kier alpha value is -3.30. The Morgan fingerprint density at radius 1 is 1.00 bits per heavy atom. The summed E-state index contributed by atoms with van der Waals surface area (Å²) in [5.41, 5.74) is 1.85. The van der Waals surface area contributed by atoms with E-state index >= 15 is 0 Å². The van der Waals surface area contributed by atoms with Crippen LogP contribution in [0.5, 0.6) is 5.75 Å². The number of hydrogen-bond acceptors (Lipinski definition) is 7. The number of carbonyl (C=O) groups is 2. The number of aromatic nitrogens is 2. The van der Waals surface area contributed by atoms with Crippen LogP contribution in [0.2, 0.25) is 0 Å². The fourth-order valence-corrected chi connectivity index (χ4v) is 5.72. The number of hydrogen-bond donors (Lipinski definition) is 0. The van der Waals surface area contributed by atoms with E-state index in [9.17, 15) is 9.59 Å². The Bertz CT molecular complexity index is 1150. The average molecular weight is 507 g/mol. The third kappa shape index (κ3) is 5.74. The lowest BCUT2D eigenvalue weighted by Gasteiger charge is -2.29. The van der Waals surface area contributed by atoms with E-state index in [-0.39, 0.29) is 30.4 Å². The van der Waals surface area contributed by atoms with Crippen molar-refractivity contribution in [2.45, 2.75) is 25.3 Å². The van der Waals surface area contributed by atoms with Gasteiger partial charge in [-0.05, 0) is 43.5 Å². The molecule has 9 heteroatoms. The summed E-state index contributed by atoms with van der Waals surface area (Å²) in [6, 6.07) is 13.0. The minimum atomic E-state index is -0.218. The van der Waals surface area contributed by atoms with Crippen molar-refractivity contribution in [2.24, 2.45) is 5.92 Å². The van der Waals surface area contributed by atoms with Crippen LogP contribution in [0.3, 0.4) is 0 Å². The molecule has 4 heterocycles. The Morgan fingerprint density at radius 3 is 2.56 bits per heavy atom. The van der Waals surface area contributed by atoms with Gasteiger partial charge in [0.2, 0.25) is 5.91 Å². The molecule has 0 spiro atoms. The van der Waals surface area contributed by atoms with Crippen LogP contribution in [-0.2, 0) is 14.3 Å². The molecule has 188 valence electrons. The molecule has 5 rings (SSSR count). The highest BCUT2D eigenvalue weighted by Crippen LogP contribution is 2.33. The van der Waals surface area contributed by atoms with Gasteiger partial charge in [0.1, 0.15) is 10.8 Å². The lowest BCUT2D eigenvalue weighted by molar-refractivity contribution is -0.139. The van der Waals surface area contributed by atoms with Gasteiger partial charge in [0.05, 0.1) is 11.7 Å². The van der Waals surface area contributed by atoms with Gasteiger partial charge in [-0.1, -0.05) is 18.2 Å². The van der Waals surface area contributed by atoms with Crippen molar-refractivity contribution in [1.29, 1.82) is 0 Å². The normalized spacial score (nSPS) is 19.1. The molecule has 2 aliphatic rings. The zero-order valence-corrected chi connectivity index (χ0v) is 20.9. The molecule has 0 bridgehead atoms. The van der Waals surface area contributed by atoms with Gasteiger partial charge in [-0.25, -0.2) is 4.98 Å². The Morgan fingerprint density at radius 2 is 1.78 bits per heavy atom. The van der Waals surface area contributed by atoms with Gasteiger partial charge in [-0.2, -0.15) is 0 Å². The highest BCUT2D eigenvalue weighted by Gasteiger charge is 2.34. The van der Waals surface area contributed by atoms with Gasteiger partial charge >= 0.3 is 0 Å².